The lowest BCUT2D eigenvalue weighted by Crippen LogP contribution is -2.33. The highest BCUT2D eigenvalue weighted by Gasteiger charge is 2.11. The quantitative estimate of drug-likeness (QED) is 0.857. The molecule has 19 heavy (non-hydrogen) atoms. The fraction of sp³-hybridized carbons (Fsp3) is 0.294. The molecule has 0 saturated heterocycles. The summed E-state index contributed by atoms with van der Waals surface area (Å²) in [4.78, 5) is 2.20. The van der Waals surface area contributed by atoms with Crippen LogP contribution in [0.5, 0.6) is 0 Å². The van der Waals surface area contributed by atoms with Crippen LogP contribution in [0.2, 0.25) is 0 Å². The number of likely N-dealkylation sites (N-methyl/N-ethyl adjacent to an activating group) is 1. The monoisotopic (exact) mass is 255 g/mol. The minimum absolute atomic E-state index is 0.345. The third kappa shape index (κ3) is 4.11. The molecule has 0 amide bonds. The topological polar surface area (TPSA) is 23.5 Å². The zero-order valence-corrected chi connectivity index (χ0v) is 11.4. The second-order valence-electron chi connectivity index (χ2n) is 4.72. The Hall–Kier alpha value is -1.80. The molecule has 0 spiro atoms. The first kappa shape index (κ1) is 13.6. The number of hydrogen-bond donors (Lipinski definition) is 1. The van der Waals surface area contributed by atoms with Crippen molar-refractivity contribution in [1.29, 1.82) is 0 Å². The highest BCUT2D eigenvalue weighted by atomic mass is 16.3. The predicted molar refractivity (Wildman–Crippen MR) is 80.5 cm³/mol. The number of aliphatic hydroxyl groups excluding tert-OH is 1. The lowest BCUT2D eigenvalue weighted by Gasteiger charge is -2.26. The first-order chi connectivity index (χ1) is 9.29. The maximum absolute atomic E-state index is 10.2. The van der Waals surface area contributed by atoms with Gasteiger partial charge in [-0.1, -0.05) is 48.5 Å². The van der Waals surface area contributed by atoms with Crippen LogP contribution in [-0.4, -0.2) is 24.3 Å². The summed E-state index contributed by atoms with van der Waals surface area (Å²) in [6, 6.07) is 20.4. The molecule has 0 aromatic heterocycles. The van der Waals surface area contributed by atoms with E-state index in [0.717, 1.165) is 12.2 Å². The maximum atomic E-state index is 10.2. The van der Waals surface area contributed by atoms with Gasteiger partial charge in [0.15, 0.2) is 0 Å². The molecule has 0 fully saturated rings. The van der Waals surface area contributed by atoms with Gasteiger partial charge in [0.25, 0.3) is 0 Å². The van der Waals surface area contributed by atoms with Gasteiger partial charge < -0.3 is 10.0 Å². The van der Waals surface area contributed by atoms with E-state index in [9.17, 15) is 5.11 Å². The van der Waals surface area contributed by atoms with Gasteiger partial charge in [0.1, 0.15) is 0 Å². The zero-order valence-electron chi connectivity index (χ0n) is 11.4. The van der Waals surface area contributed by atoms with Crippen LogP contribution in [0.25, 0.3) is 0 Å². The molecule has 1 unspecified atom stereocenters. The SMILES string of the molecule is CCN(CC(O)Cc1ccccc1)c1ccccc1. The Kier molecular flexibility index (Phi) is 4.99. The molecule has 1 N–H and O–H groups in total. The van der Waals surface area contributed by atoms with Crippen molar-refractivity contribution in [3.05, 3.63) is 66.2 Å². The molecule has 1 atom stereocenters. The van der Waals surface area contributed by atoms with Crippen LogP contribution < -0.4 is 4.90 Å². The molecule has 2 nitrogen and oxygen atoms in total. The Morgan fingerprint density at radius 2 is 1.53 bits per heavy atom. The highest BCUT2D eigenvalue weighted by molar-refractivity contribution is 5.45. The fourth-order valence-electron chi connectivity index (χ4n) is 2.26. The van der Waals surface area contributed by atoms with Crippen LogP contribution in [0.4, 0.5) is 5.69 Å². The van der Waals surface area contributed by atoms with Crippen LogP contribution in [0, 0.1) is 0 Å². The number of benzene rings is 2. The standard InChI is InChI=1S/C17H21NO/c1-2-18(16-11-7-4-8-12-16)14-17(19)13-15-9-5-3-6-10-15/h3-12,17,19H,2,13-14H2,1H3. The Morgan fingerprint density at radius 3 is 2.11 bits per heavy atom. The van der Waals surface area contributed by atoms with Crippen molar-refractivity contribution in [1.82, 2.24) is 0 Å². The van der Waals surface area contributed by atoms with E-state index >= 15 is 0 Å². The summed E-state index contributed by atoms with van der Waals surface area (Å²) in [7, 11) is 0. The average Bonchev–Trinajstić information content (AvgIpc) is 2.47. The van der Waals surface area contributed by atoms with E-state index in [1.807, 2.05) is 36.4 Å². The third-order valence-electron chi connectivity index (χ3n) is 3.25. The largest absolute Gasteiger partial charge is 0.391 e. The van der Waals surface area contributed by atoms with Gasteiger partial charge in [0.2, 0.25) is 0 Å². The molecular weight excluding hydrogens is 234 g/mol. The molecule has 2 rings (SSSR count). The van der Waals surface area contributed by atoms with Crippen LogP contribution in [0.3, 0.4) is 0 Å². The maximum Gasteiger partial charge on any atom is 0.0755 e. The molecular formula is C17H21NO. The summed E-state index contributed by atoms with van der Waals surface area (Å²) in [5.41, 5.74) is 2.34. The van der Waals surface area contributed by atoms with Crippen molar-refractivity contribution in [3.63, 3.8) is 0 Å². The van der Waals surface area contributed by atoms with Crippen molar-refractivity contribution < 1.29 is 5.11 Å². The van der Waals surface area contributed by atoms with Gasteiger partial charge >= 0.3 is 0 Å². The van der Waals surface area contributed by atoms with E-state index in [0.29, 0.717) is 13.0 Å². The third-order valence-corrected chi connectivity index (χ3v) is 3.25. The van der Waals surface area contributed by atoms with E-state index < -0.39 is 0 Å². The molecule has 0 radical (unpaired) electrons. The lowest BCUT2D eigenvalue weighted by molar-refractivity contribution is 0.180. The Bertz CT molecular complexity index is 469. The molecule has 2 aromatic rings. The second kappa shape index (κ2) is 6.95. The normalized spacial score (nSPS) is 12.1. The van der Waals surface area contributed by atoms with Gasteiger partial charge in [-0.3, -0.25) is 0 Å². The number of nitrogens with zero attached hydrogens (tertiary/aromatic N) is 1. The van der Waals surface area contributed by atoms with E-state index in [4.69, 9.17) is 0 Å². The molecule has 2 heteroatoms. The summed E-state index contributed by atoms with van der Waals surface area (Å²) in [6.07, 6.45) is 0.354. The molecule has 0 saturated carbocycles. The second-order valence-corrected chi connectivity index (χ2v) is 4.72. The first-order valence-corrected chi connectivity index (χ1v) is 6.81. The summed E-state index contributed by atoms with van der Waals surface area (Å²) in [5.74, 6) is 0. The predicted octanol–water partition coefficient (Wildman–Crippen LogP) is 3.12. The Balaban J connectivity index is 1.95. The molecule has 100 valence electrons. The van der Waals surface area contributed by atoms with Crippen LogP contribution in [-0.2, 0) is 6.42 Å². The molecule has 0 heterocycles. The van der Waals surface area contributed by atoms with Gasteiger partial charge in [-0.25, -0.2) is 0 Å². The lowest BCUT2D eigenvalue weighted by atomic mass is 10.1. The van der Waals surface area contributed by atoms with E-state index in [2.05, 4.69) is 36.1 Å². The van der Waals surface area contributed by atoms with Crippen LogP contribution >= 0.6 is 0 Å². The van der Waals surface area contributed by atoms with Gasteiger partial charge in [-0.15, -0.1) is 0 Å². The number of rotatable bonds is 6. The fourth-order valence-corrected chi connectivity index (χ4v) is 2.26. The van der Waals surface area contributed by atoms with E-state index in [-0.39, 0.29) is 6.10 Å². The molecule has 0 aliphatic rings. The molecule has 0 aliphatic carbocycles. The zero-order chi connectivity index (χ0) is 13.5. The molecule has 0 aliphatic heterocycles. The average molecular weight is 255 g/mol. The Morgan fingerprint density at radius 1 is 0.947 bits per heavy atom. The van der Waals surface area contributed by atoms with Gasteiger partial charge in [0.05, 0.1) is 6.10 Å². The first-order valence-electron chi connectivity index (χ1n) is 6.81. The van der Waals surface area contributed by atoms with E-state index in [1.165, 1.54) is 5.56 Å². The van der Waals surface area contributed by atoms with Crippen molar-refractivity contribution in [2.75, 3.05) is 18.0 Å². The minimum Gasteiger partial charge on any atom is -0.391 e. The van der Waals surface area contributed by atoms with Crippen LogP contribution in [0.1, 0.15) is 12.5 Å². The van der Waals surface area contributed by atoms with Gasteiger partial charge in [-0.05, 0) is 24.6 Å². The highest BCUT2D eigenvalue weighted by Crippen LogP contribution is 2.14. The molecule has 2 aromatic carbocycles. The summed E-state index contributed by atoms with van der Waals surface area (Å²) in [5, 5.41) is 10.2. The Labute approximate surface area is 115 Å². The number of para-hydroxylation sites is 1. The number of hydrogen-bond acceptors (Lipinski definition) is 2. The van der Waals surface area contributed by atoms with Crippen molar-refractivity contribution in [3.8, 4) is 0 Å². The molecule has 0 bridgehead atoms. The number of aliphatic hydroxyl groups is 1. The van der Waals surface area contributed by atoms with Crippen LogP contribution in [0.15, 0.2) is 60.7 Å². The van der Waals surface area contributed by atoms with E-state index in [1.54, 1.807) is 0 Å². The minimum atomic E-state index is -0.345. The van der Waals surface area contributed by atoms with Crippen molar-refractivity contribution in [2.24, 2.45) is 0 Å². The summed E-state index contributed by atoms with van der Waals surface area (Å²) < 4.78 is 0. The summed E-state index contributed by atoms with van der Waals surface area (Å²) >= 11 is 0. The van der Waals surface area contributed by atoms with Crippen molar-refractivity contribution in [2.45, 2.75) is 19.4 Å². The smallest absolute Gasteiger partial charge is 0.0755 e. The van der Waals surface area contributed by atoms with Gasteiger partial charge in [-0.2, -0.15) is 0 Å². The van der Waals surface area contributed by atoms with Gasteiger partial charge in [0, 0.05) is 25.2 Å². The summed E-state index contributed by atoms with van der Waals surface area (Å²) in [6.45, 7) is 3.67. The van der Waals surface area contributed by atoms with Crippen molar-refractivity contribution >= 4 is 5.69 Å². The number of anilines is 1.